The lowest BCUT2D eigenvalue weighted by molar-refractivity contribution is 0.577. The Morgan fingerprint density at radius 3 is 3.06 bits per heavy atom. The molecule has 0 aromatic carbocycles. The van der Waals surface area contributed by atoms with Gasteiger partial charge in [-0.05, 0) is 43.9 Å². The van der Waals surface area contributed by atoms with Crippen molar-refractivity contribution in [3.8, 4) is 0 Å². The fourth-order valence-corrected chi connectivity index (χ4v) is 3.30. The van der Waals surface area contributed by atoms with Gasteiger partial charge in [0.05, 0.1) is 5.69 Å². The predicted molar refractivity (Wildman–Crippen MR) is 78.5 cm³/mol. The molecule has 3 heterocycles. The van der Waals surface area contributed by atoms with Crippen molar-refractivity contribution >= 4 is 18.4 Å². The van der Waals surface area contributed by atoms with Gasteiger partial charge in [0.2, 0.25) is 0 Å². The molecular formula is C14H21N3S. The highest BCUT2D eigenvalue weighted by atomic mass is 32.1. The summed E-state index contributed by atoms with van der Waals surface area (Å²) in [6, 6.07) is 4.99. The molecule has 2 saturated heterocycles. The van der Waals surface area contributed by atoms with Crippen molar-refractivity contribution in [1.82, 2.24) is 10.3 Å². The summed E-state index contributed by atoms with van der Waals surface area (Å²) < 4.78 is 0. The van der Waals surface area contributed by atoms with E-state index in [9.17, 15) is 0 Å². The molecule has 0 aliphatic carbocycles. The second-order valence-electron chi connectivity index (χ2n) is 5.57. The fourth-order valence-electron chi connectivity index (χ4n) is 3.17. The molecule has 4 heteroatoms. The normalized spacial score (nSPS) is 28.5. The zero-order valence-electron chi connectivity index (χ0n) is 11.1. The maximum atomic E-state index is 4.80. The predicted octanol–water partition coefficient (Wildman–Crippen LogP) is 2.18. The van der Waals surface area contributed by atoms with Crippen molar-refractivity contribution in [2.45, 2.75) is 31.6 Å². The molecule has 3 nitrogen and oxygen atoms in total. The third-order valence-electron chi connectivity index (χ3n) is 4.14. The SMILES string of the molecule is Cc1cc(C(C)S)nc(N2CC[C@H]3CNC[C@H]32)c1. The Kier molecular flexibility index (Phi) is 3.24. The molecule has 0 spiro atoms. The Labute approximate surface area is 114 Å². The van der Waals surface area contributed by atoms with E-state index in [-0.39, 0.29) is 5.25 Å². The average molecular weight is 263 g/mol. The van der Waals surface area contributed by atoms with Crippen LogP contribution in [-0.4, -0.2) is 30.7 Å². The third kappa shape index (κ3) is 2.12. The molecule has 18 heavy (non-hydrogen) atoms. The summed E-state index contributed by atoms with van der Waals surface area (Å²) in [4.78, 5) is 7.28. The molecule has 2 aliphatic rings. The monoisotopic (exact) mass is 263 g/mol. The van der Waals surface area contributed by atoms with Crippen LogP contribution in [0.15, 0.2) is 12.1 Å². The molecule has 1 aromatic rings. The van der Waals surface area contributed by atoms with Gasteiger partial charge in [0, 0.05) is 30.9 Å². The highest BCUT2D eigenvalue weighted by Gasteiger charge is 2.38. The standard InChI is InChI=1S/C14H21N3S/c1-9-5-12(10(2)18)16-14(6-9)17-4-3-11-7-15-8-13(11)17/h5-6,10-11,13,15,18H,3-4,7-8H2,1-2H3/t10?,11-,13+/m0/s1. The number of hydrogen-bond donors (Lipinski definition) is 2. The minimum Gasteiger partial charge on any atom is -0.352 e. The van der Waals surface area contributed by atoms with Crippen LogP contribution in [0.4, 0.5) is 5.82 Å². The lowest BCUT2D eigenvalue weighted by Gasteiger charge is -2.25. The number of fused-ring (bicyclic) bond motifs is 1. The summed E-state index contributed by atoms with van der Waals surface area (Å²) in [7, 11) is 0. The number of hydrogen-bond acceptors (Lipinski definition) is 4. The van der Waals surface area contributed by atoms with E-state index in [1.54, 1.807) is 0 Å². The Morgan fingerprint density at radius 1 is 1.44 bits per heavy atom. The smallest absolute Gasteiger partial charge is 0.129 e. The third-order valence-corrected chi connectivity index (χ3v) is 4.41. The maximum Gasteiger partial charge on any atom is 0.129 e. The van der Waals surface area contributed by atoms with Crippen LogP contribution in [0.2, 0.25) is 0 Å². The number of pyridine rings is 1. The molecule has 0 saturated carbocycles. The highest BCUT2D eigenvalue weighted by Crippen LogP contribution is 2.32. The number of rotatable bonds is 2. The van der Waals surface area contributed by atoms with Crippen LogP contribution in [0.5, 0.6) is 0 Å². The summed E-state index contributed by atoms with van der Waals surface area (Å²) in [5.74, 6) is 1.95. The Bertz CT molecular complexity index is 447. The molecule has 98 valence electrons. The number of nitrogens with zero attached hydrogens (tertiary/aromatic N) is 2. The molecule has 2 fully saturated rings. The second-order valence-corrected chi connectivity index (χ2v) is 6.35. The number of aryl methyl sites for hydroxylation is 1. The Balaban J connectivity index is 1.92. The minimum absolute atomic E-state index is 0.198. The summed E-state index contributed by atoms with van der Waals surface area (Å²) in [5.41, 5.74) is 2.37. The molecule has 1 N–H and O–H groups in total. The molecule has 3 atom stereocenters. The van der Waals surface area contributed by atoms with E-state index in [4.69, 9.17) is 4.98 Å². The van der Waals surface area contributed by atoms with Gasteiger partial charge >= 0.3 is 0 Å². The van der Waals surface area contributed by atoms with Gasteiger partial charge in [0.1, 0.15) is 5.82 Å². The Morgan fingerprint density at radius 2 is 2.28 bits per heavy atom. The van der Waals surface area contributed by atoms with Gasteiger partial charge in [-0.1, -0.05) is 0 Å². The maximum absolute atomic E-state index is 4.80. The number of nitrogens with one attached hydrogen (secondary N) is 1. The first-order chi connectivity index (χ1) is 8.65. The molecule has 0 amide bonds. The van der Waals surface area contributed by atoms with Crippen LogP contribution in [0, 0.1) is 12.8 Å². The molecule has 3 rings (SSSR count). The molecule has 1 aromatic heterocycles. The van der Waals surface area contributed by atoms with Crippen LogP contribution in [0.25, 0.3) is 0 Å². The first-order valence-corrected chi connectivity index (χ1v) is 7.31. The number of anilines is 1. The summed E-state index contributed by atoms with van der Waals surface area (Å²) >= 11 is 4.51. The summed E-state index contributed by atoms with van der Waals surface area (Å²) in [6.45, 7) is 7.65. The molecule has 1 unspecified atom stereocenters. The van der Waals surface area contributed by atoms with Crippen LogP contribution in [0.3, 0.4) is 0 Å². The van der Waals surface area contributed by atoms with Gasteiger partial charge < -0.3 is 10.2 Å². The van der Waals surface area contributed by atoms with E-state index in [0.717, 1.165) is 30.5 Å². The minimum atomic E-state index is 0.198. The Hall–Kier alpha value is -0.740. The van der Waals surface area contributed by atoms with E-state index < -0.39 is 0 Å². The van der Waals surface area contributed by atoms with E-state index in [2.05, 4.69) is 48.8 Å². The van der Waals surface area contributed by atoms with Crippen molar-refractivity contribution in [3.05, 3.63) is 23.4 Å². The summed E-state index contributed by atoms with van der Waals surface area (Å²) in [6.07, 6.45) is 1.29. The van der Waals surface area contributed by atoms with Crippen molar-refractivity contribution in [2.24, 2.45) is 5.92 Å². The number of aromatic nitrogens is 1. The van der Waals surface area contributed by atoms with Gasteiger partial charge in [-0.15, -0.1) is 0 Å². The molecule has 0 radical (unpaired) electrons. The van der Waals surface area contributed by atoms with E-state index in [1.165, 1.54) is 18.5 Å². The van der Waals surface area contributed by atoms with Gasteiger partial charge in [0.15, 0.2) is 0 Å². The number of thiol groups is 1. The lowest BCUT2D eigenvalue weighted by Crippen LogP contribution is -2.34. The largest absolute Gasteiger partial charge is 0.352 e. The van der Waals surface area contributed by atoms with E-state index in [1.807, 2.05) is 0 Å². The quantitative estimate of drug-likeness (QED) is 0.801. The van der Waals surface area contributed by atoms with Crippen molar-refractivity contribution < 1.29 is 0 Å². The lowest BCUT2D eigenvalue weighted by atomic mass is 10.1. The van der Waals surface area contributed by atoms with Gasteiger partial charge in [0.25, 0.3) is 0 Å². The van der Waals surface area contributed by atoms with Gasteiger partial charge in [-0.25, -0.2) is 4.98 Å². The van der Waals surface area contributed by atoms with Crippen molar-refractivity contribution in [2.75, 3.05) is 24.5 Å². The zero-order valence-corrected chi connectivity index (χ0v) is 12.0. The van der Waals surface area contributed by atoms with Gasteiger partial charge in [-0.2, -0.15) is 12.6 Å². The highest BCUT2D eigenvalue weighted by molar-refractivity contribution is 7.80. The van der Waals surface area contributed by atoms with Crippen molar-refractivity contribution in [1.29, 1.82) is 0 Å². The first kappa shape index (κ1) is 12.3. The zero-order chi connectivity index (χ0) is 12.7. The van der Waals surface area contributed by atoms with Crippen LogP contribution in [-0.2, 0) is 0 Å². The van der Waals surface area contributed by atoms with Gasteiger partial charge in [-0.3, -0.25) is 0 Å². The van der Waals surface area contributed by atoms with Crippen molar-refractivity contribution in [3.63, 3.8) is 0 Å². The topological polar surface area (TPSA) is 28.2 Å². The van der Waals surface area contributed by atoms with Crippen LogP contribution < -0.4 is 10.2 Å². The fraction of sp³-hybridized carbons (Fsp3) is 0.643. The van der Waals surface area contributed by atoms with Crippen LogP contribution >= 0.6 is 12.6 Å². The molecule has 2 aliphatic heterocycles. The van der Waals surface area contributed by atoms with E-state index >= 15 is 0 Å². The first-order valence-electron chi connectivity index (χ1n) is 6.79. The summed E-state index contributed by atoms with van der Waals surface area (Å²) in [5, 5.41) is 3.69. The average Bonchev–Trinajstić information content (AvgIpc) is 2.89. The molecule has 0 bridgehead atoms. The van der Waals surface area contributed by atoms with E-state index in [0.29, 0.717) is 6.04 Å². The second kappa shape index (κ2) is 4.74. The molecular weight excluding hydrogens is 242 g/mol. The van der Waals surface area contributed by atoms with Crippen LogP contribution in [0.1, 0.15) is 29.9 Å².